The Bertz CT molecular complexity index is 500. The van der Waals surface area contributed by atoms with E-state index in [2.05, 4.69) is 10.4 Å². The van der Waals surface area contributed by atoms with Crippen molar-refractivity contribution in [2.75, 3.05) is 0 Å². The highest BCUT2D eigenvalue weighted by Gasteiger charge is 2.09. The van der Waals surface area contributed by atoms with Gasteiger partial charge in [-0.25, -0.2) is 4.39 Å². The second-order valence-electron chi connectivity index (χ2n) is 3.66. The van der Waals surface area contributed by atoms with Crippen molar-refractivity contribution in [2.24, 2.45) is 7.05 Å². The normalized spacial score (nSPS) is 10.2. The van der Waals surface area contributed by atoms with Crippen molar-refractivity contribution in [3.05, 3.63) is 41.8 Å². The molecule has 1 amide bonds. The molecule has 0 bridgehead atoms. The van der Waals surface area contributed by atoms with Gasteiger partial charge in [0.1, 0.15) is 5.69 Å². The molecule has 1 N–H and O–H groups in total. The summed E-state index contributed by atoms with van der Waals surface area (Å²) in [5.74, 6) is -0.341. The molecule has 1 heterocycles. The maximum Gasteiger partial charge on any atom is 0.207 e. The van der Waals surface area contributed by atoms with E-state index in [4.69, 9.17) is 0 Å². The molecule has 4 nitrogen and oxygen atoms in total. The van der Waals surface area contributed by atoms with E-state index in [0.29, 0.717) is 18.6 Å². The molecule has 17 heavy (non-hydrogen) atoms. The number of carbonyl (C=O) groups is 1. The minimum atomic E-state index is -0.341. The lowest BCUT2D eigenvalue weighted by atomic mass is 10.1. The summed E-state index contributed by atoms with van der Waals surface area (Å²) in [4.78, 5) is 10.1. The topological polar surface area (TPSA) is 46.9 Å². The van der Waals surface area contributed by atoms with Gasteiger partial charge in [0.05, 0.1) is 6.20 Å². The van der Waals surface area contributed by atoms with Crippen molar-refractivity contribution in [3.8, 4) is 11.3 Å². The van der Waals surface area contributed by atoms with Crippen LogP contribution in [0.25, 0.3) is 11.3 Å². The number of aromatic nitrogens is 2. The van der Waals surface area contributed by atoms with Crippen molar-refractivity contribution in [3.63, 3.8) is 0 Å². The molecule has 0 aliphatic rings. The van der Waals surface area contributed by atoms with Crippen molar-refractivity contribution >= 4 is 6.41 Å². The molecule has 88 valence electrons. The fraction of sp³-hybridized carbons (Fsp3) is 0.167. The minimum Gasteiger partial charge on any atom is -0.355 e. The smallest absolute Gasteiger partial charge is 0.207 e. The quantitative estimate of drug-likeness (QED) is 0.813. The van der Waals surface area contributed by atoms with Crippen LogP contribution < -0.4 is 5.32 Å². The second kappa shape index (κ2) is 4.78. The van der Waals surface area contributed by atoms with Crippen molar-refractivity contribution in [2.45, 2.75) is 6.54 Å². The molecule has 1 aromatic heterocycles. The maximum atomic E-state index is 13.5. The Morgan fingerprint density at radius 1 is 1.41 bits per heavy atom. The molecule has 0 atom stereocenters. The zero-order valence-electron chi connectivity index (χ0n) is 9.35. The molecule has 0 radical (unpaired) electrons. The van der Waals surface area contributed by atoms with Crippen molar-refractivity contribution < 1.29 is 9.18 Å². The summed E-state index contributed by atoms with van der Waals surface area (Å²) in [5, 5.41) is 6.42. The van der Waals surface area contributed by atoms with Crippen LogP contribution in [0.15, 0.2) is 30.5 Å². The SMILES string of the molecule is Cn1ncc(F)c1-c1ccc(CNC=O)cc1. The number of aryl methyl sites for hydroxylation is 1. The Kier molecular flexibility index (Phi) is 3.18. The van der Waals surface area contributed by atoms with Gasteiger partial charge in [-0.05, 0) is 5.56 Å². The van der Waals surface area contributed by atoms with Crippen LogP contribution in [0.2, 0.25) is 0 Å². The van der Waals surface area contributed by atoms with Crippen molar-refractivity contribution in [1.29, 1.82) is 0 Å². The maximum absolute atomic E-state index is 13.5. The highest BCUT2D eigenvalue weighted by molar-refractivity contribution is 5.60. The molecular formula is C12H12FN3O. The Morgan fingerprint density at radius 2 is 2.12 bits per heavy atom. The average molecular weight is 233 g/mol. The van der Waals surface area contributed by atoms with Gasteiger partial charge in [-0.2, -0.15) is 5.10 Å². The number of nitrogens with zero attached hydrogens (tertiary/aromatic N) is 2. The van der Waals surface area contributed by atoms with Gasteiger partial charge in [0.25, 0.3) is 0 Å². The first-order valence-corrected chi connectivity index (χ1v) is 5.16. The van der Waals surface area contributed by atoms with E-state index in [-0.39, 0.29) is 5.82 Å². The molecule has 2 rings (SSSR count). The van der Waals surface area contributed by atoms with Crippen LogP contribution in [-0.4, -0.2) is 16.2 Å². The predicted molar refractivity (Wildman–Crippen MR) is 61.5 cm³/mol. The molecule has 0 saturated heterocycles. The summed E-state index contributed by atoms with van der Waals surface area (Å²) >= 11 is 0. The third kappa shape index (κ3) is 2.33. The lowest BCUT2D eigenvalue weighted by molar-refractivity contribution is -0.109. The third-order valence-corrected chi connectivity index (χ3v) is 2.51. The number of benzene rings is 1. The average Bonchev–Trinajstić information content (AvgIpc) is 2.67. The Labute approximate surface area is 98.1 Å². The summed E-state index contributed by atoms with van der Waals surface area (Å²) in [6, 6.07) is 7.31. The van der Waals surface area contributed by atoms with Gasteiger partial charge in [0.2, 0.25) is 6.41 Å². The number of hydrogen-bond acceptors (Lipinski definition) is 2. The van der Waals surface area contributed by atoms with Gasteiger partial charge < -0.3 is 5.32 Å². The number of amides is 1. The third-order valence-electron chi connectivity index (χ3n) is 2.51. The number of nitrogens with one attached hydrogen (secondary N) is 1. The first-order chi connectivity index (χ1) is 8.22. The molecule has 2 aromatic rings. The van der Waals surface area contributed by atoms with Crippen LogP contribution in [0.3, 0.4) is 0 Å². The number of halogens is 1. The Hall–Kier alpha value is -2.17. The highest BCUT2D eigenvalue weighted by atomic mass is 19.1. The van der Waals surface area contributed by atoms with Gasteiger partial charge in [-0.1, -0.05) is 24.3 Å². The molecular weight excluding hydrogens is 221 g/mol. The summed E-state index contributed by atoms with van der Waals surface area (Å²) in [6.45, 7) is 0.470. The number of carbonyl (C=O) groups excluding carboxylic acids is 1. The van der Waals surface area contributed by atoms with E-state index in [1.165, 1.54) is 10.9 Å². The fourth-order valence-corrected chi connectivity index (χ4v) is 1.68. The summed E-state index contributed by atoms with van der Waals surface area (Å²) in [5.41, 5.74) is 2.18. The predicted octanol–water partition coefficient (Wildman–Crippen LogP) is 1.47. The molecule has 1 aromatic carbocycles. The minimum absolute atomic E-state index is 0.341. The first kappa shape index (κ1) is 11.3. The summed E-state index contributed by atoms with van der Waals surface area (Å²) in [7, 11) is 1.69. The Balaban J connectivity index is 2.26. The van der Waals surface area contributed by atoms with E-state index >= 15 is 0 Å². The molecule has 0 aliphatic carbocycles. The molecule has 0 saturated carbocycles. The van der Waals surface area contributed by atoms with Gasteiger partial charge in [0, 0.05) is 19.2 Å². The zero-order chi connectivity index (χ0) is 12.3. The highest BCUT2D eigenvalue weighted by Crippen LogP contribution is 2.21. The van der Waals surface area contributed by atoms with E-state index in [1.807, 2.05) is 24.3 Å². The van der Waals surface area contributed by atoms with Gasteiger partial charge in [-0.15, -0.1) is 0 Å². The van der Waals surface area contributed by atoms with Crippen molar-refractivity contribution in [1.82, 2.24) is 15.1 Å². The van der Waals surface area contributed by atoms with Crippen LogP contribution in [-0.2, 0) is 18.4 Å². The molecule has 0 fully saturated rings. The number of rotatable bonds is 4. The Morgan fingerprint density at radius 3 is 2.65 bits per heavy atom. The van der Waals surface area contributed by atoms with Crippen LogP contribution >= 0.6 is 0 Å². The molecule has 0 spiro atoms. The van der Waals surface area contributed by atoms with Crippen LogP contribution in [0, 0.1) is 5.82 Å². The number of hydrogen-bond donors (Lipinski definition) is 1. The lowest BCUT2D eigenvalue weighted by Gasteiger charge is -2.04. The lowest BCUT2D eigenvalue weighted by Crippen LogP contribution is -2.09. The fourth-order valence-electron chi connectivity index (χ4n) is 1.68. The standard InChI is InChI=1S/C12H12FN3O/c1-16-12(11(13)7-15-16)10-4-2-9(3-5-10)6-14-8-17/h2-5,7-8H,6H2,1H3,(H,14,17). The monoisotopic (exact) mass is 233 g/mol. The summed E-state index contributed by atoms with van der Waals surface area (Å²) < 4.78 is 15.0. The summed E-state index contributed by atoms with van der Waals surface area (Å²) in [6.07, 6.45) is 1.84. The van der Waals surface area contributed by atoms with E-state index in [1.54, 1.807) is 7.05 Å². The zero-order valence-corrected chi connectivity index (χ0v) is 9.35. The van der Waals surface area contributed by atoms with E-state index in [9.17, 15) is 9.18 Å². The molecule has 0 unspecified atom stereocenters. The molecule has 5 heteroatoms. The van der Waals surface area contributed by atoms with Crippen LogP contribution in [0.5, 0.6) is 0 Å². The van der Waals surface area contributed by atoms with E-state index in [0.717, 1.165) is 11.1 Å². The largest absolute Gasteiger partial charge is 0.355 e. The van der Waals surface area contributed by atoms with Gasteiger partial charge in [-0.3, -0.25) is 9.48 Å². The second-order valence-corrected chi connectivity index (χ2v) is 3.66. The molecule has 0 aliphatic heterocycles. The van der Waals surface area contributed by atoms with E-state index < -0.39 is 0 Å². The first-order valence-electron chi connectivity index (χ1n) is 5.16. The van der Waals surface area contributed by atoms with Crippen LogP contribution in [0.4, 0.5) is 4.39 Å². The van der Waals surface area contributed by atoms with Gasteiger partial charge >= 0.3 is 0 Å². The van der Waals surface area contributed by atoms with Gasteiger partial charge in [0.15, 0.2) is 5.82 Å². The van der Waals surface area contributed by atoms with Crippen LogP contribution in [0.1, 0.15) is 5.56 Å².